The SMILES string of the molecule is CC(C)NCCC=CCc1c(F)cccc1Cl. The van der Waals surface area contributed by atoms with E-state index in [1.54, 1.807) is 12.1 Å². The Balaban J connectivity index is 2.37. The van der Waals surface area contributed by atoms with Crippen molar-refractivity contribution >= 4 is 11.6 Å². The third kappa shape index (κ3) is 5.33. The number of nitrogens with one attached hydrogen (secondary N) is 1. The highest BCUT2D eigenvalue weighted by atomic mass is 35.5. The van der Waals surface area contributed by atoms with Gasteiger partial charge in [0, 0.05) is 16.6 Å². The van der Waals surface area contributed by atoms with Crippen LogP contribution < -0.4 is 5.32 Å². The summed E-state index contributed by atoms with van der Waals surface area (Å²) in [4.78, 5) is 0. The minimum Gasteiger partial charge on any atom is -0.314 e. The van der Waals surface area contributed by atoms with Gasteiger partial charge in [-0.05, 0) is 31.5 Å². The molecule has 94 valence electrons. The first-order valence-corrected chi connectivity index (χ1v) is 6.30. The molecule has 0 aromatic heterocycles. The number of benzene rings is 1. The van der Waals surface area contributed by atoms with E-state index >= 15 is 0 Å². The van der Waals surface area contributed by atoms with E-state index in [2.05, 4.69) is 25.2 Å². The van der Waals surface area contributed by atoms with E-state index in [-0.39, 0.29) is 5.82 Å². The molecule has 0 aliphatic rings. The van der Waals surface area contributed by atoms with E-state index in [9.17, 15) is 4.39 Å². The molecule has 3 heteroatoms. The molecule has 1 aromatic rings. The second-order valence-corrected chi connectivity index (χ2v) is 4.68. The van der Waals surface area contributed by atoms with E-state index in [0.29, 0.717) is 23.0 Å². The first kappa shape index (κ1) is 14.2. The zero-order chi connectivity index (χ0) is 12.7. The molecule has 1 aromatic carbocycles. The van der Waals surface area contributed by atoms with Crippen LogP contribution in [0.1, 0.15) is 25.8 Å². The molecule has 1 N–H and O–H groups in total. The van der Waals surface area contributed by atoms with Crippen LogP contribution in [0.15, 0.2) is 30.4 Å². The summed E-state index contributed by atoms with van der Waals surface area (Å²) < 4.78 is 13.4. The predicted octanol–water partition coefficient (Wildman–Crippen LogP) is 3.97. The van der Waals surface area contributed by atoms with Gasteiger partial charge in [-0.1, -0.05) is 43.7 Å². The second-order valence-electron chi connectivity index (χ2n) is 4.27. The van der Waals surface area contributed by atoms with Crippen LogP contribution in [-0.4, -0.2) is 12.6 Å². The van der Waals surface area contributed by atoms with Crippen LogP contribution in [0, 0.1) is 5.82 Å². The van der Waals surface area contributed by atoms with Gasteiger partial charge in [0.2, 0.25) is 0 Å². The van der Waals surface area contributed by atoms with Crippen molar-refractivity contribution < 1.29 is 4.39 Å². The number of allylic oxidation sites excluding steroid dienone is 1. The summed E-state index contributed by atoms with van der Waals surface area (Å²) in [7, 11) is 0. The Bertz CT molecular complexity index is 354. The molecule has 17 heavy (non-hydrogen) atoms. The van der Waals surface area contributed by atoms with E-state index in [1.807, 2.05) is 6.08 Å². The number of halogens is 2. The summed E-state index contributed by atoms with van der Waals surface area (Å²) in [5.74, 6) is -0.234. The highest BCUT2D eigenvalue weighted by Crippen LogP contribution is 2.19. The quantitative estimate of drug-likeness (QED) is 0.599. The average Bonchev–Trinajstić information content (AvgIpc) is 2.26. The fourth-order valence-corrected chi connectivity index (χ4v) is 1.74. The fourth-order valence-electron chi connectivity index (χ4n) is 1.50. The van der Waals surface area contributed by atoms with Gasteiger partial charge in [-0.25, -0.2) is 4.39 Å². The zero-order valence-corrected chi connectivity index (χ0v) is 11.1. The third-order valence-electron chi connectivity index (χ3n) is 2.41. The van der Waals surface area contributed by atoms with E-state index in [0.717, 1.165) is 13.0 Å². The molecule has 0 radical (unpaired) electrons. The summed E-state index contributed by atoms with van der Waals surface area (Å²) in [5.41, 5.74) is 0.572. The average molecular weight is 256 g/mol. The Morgan fingerprint density at radius 3 is 2.76 bits per heavy atom. The zero-order valence-electron chi connectivity index (χ0n) is 10.3. The molecule has 0 heterocycles. The first-order valence-electron chi connectivity index (χ1n) is 5.92. The van der Waals surface area contributed by atoms with Crippen molar-refractivity contribution in [2.24, 2.45) is 0 Å². The van der Waals surface area contributed by atoms with E-state index in [1.165, 1.54) is 6.07 Å². The van der Waals surface area contributed by atoms with Crippen molar-refractivity contribution in [2.75, 3.05) is 6.54 Å². The Labute approximate surface area is 108 Å². The molecule has 0 unspecified atom stereocenters. The van der Waals surface area contributed by atoms with Crippen molar-refractivity contribution in [3.05, 3.63) is 46.8 Å². The molecule has 0 saturated carbocycles. The van der Waals surface area contributed by atoms with Gasteiger partial charge in [0.25, 0.3) is 0 Å². The van der Waals surface area contributed by atoms with Crippen LogP contribution >= 0.6 is 11.6 Å². The van der Waals surface area contributed by atoms with Crippen LogP contribution in [0.4, 0.5) is 4.39 Å². The summed E-state index contributed by atoms with van der Waals surface area (Å²) in [6.07, 6.45) is 5.52. The predicted molar refractivity (Wildman–Crippen MR) is 72.0 cm³/mol. The Kier molecular flexibility index (Phi) is 6.23. The molecular weight excluding hydrogens is 237 g/mol. The maximum absolute atomic E-state index is 13.4. The fraction of sp³-hybridized carbons (Fsp3) is 0.429. The Morgan fingerprint density at radius 1 is 1.35 bits per heavy atom. The lowest BCUT2D eigenvalue weighted by molar-refractivity contribution is 0.594. The van der Waals surface area contributed by atoms with Crippen LogP contribution in [-0.2, 0) is 6.42 Å². The summed E-state index contributed by atoms with van der Waals surface area (Å²) in [5, 5.41) is 3.81. The van der Waals surface area contributed by atoms with E-state index in [4.69, 9.17) is 11.6 Å². The van der Waals surface area contributed by atoms with Crippen LogP contribution in [0.5, 0.6) is 0 Å². The van der Waals surface area contributed by atoms with Gasteiger partial charge >= 0.3 is 0 Å². The maximum atomic E-state index is 13.4. The molecule has 0 aliphatic heterocycles. The molecule has 0 atom stereocenters. The Morgan fingerprint density at radius 2 is 2.12 bits per heavy atom. The second kappa shape index (κ2) is 7.46. The summed E-state index contributed by atoms with van der Waals surface area (Å²) >= 11 is 5.92. The summed E-state index contributed by atoms with van der Waals surface area (Å²) in [6.45, 7) is 5.17. The van der Waals surface area contributed by atoms with Crippen molar-refractivity contribution in [1.29, 1.82) is 0 Å². The van der Waals surface area contributed by atoms with Gasteiger partial charge in [0.05, 0.1) is 0 Å². The normalized spacial score (nSPS) is 11.6. The number of hydrogen-bond donors (Lipinski definition) is 1. The monoisotopic (exact) mass is 255 g/mol. The number of rotatable bonds is 6. The molecule has 1 rings (SSSR count). The van der Waals surface area contributed by atoms with Gasteiger partial charge in [0.1, 0.15) is 5.82 Å². The molecule has 0 fully saturated rings. The smallest absolute Gasteiger partial charge is 0.128 e. The lowest BCUT2D eigenvalue weighted by Gasteiger charge is -2.05. The number of hydrogen-bond acceptors (Lipinski definition) is 1. The van der Waals surface area contributed by atoms with Crippen LogP contribution in [0.3, 0.4) is 0 Å². The van der Waals surface area contributed by atoms with Crippen molar-refractivity contribution in [3.63, 3.8) is 0 Å². The molecule has 0 amide bonds. The topological polar surface area (TPSA) is 12.0 Å². The molecule has 0 saturated heterocycles. The van der Waals surface area contributed by atoms with Gasteiger partial charge in [-0.3, -0.25) is 0 Å². The minimum absolute atomic E-state index is 0.234. The van der Waals surface area contributed by atoms with Crippen molar-refractivity contribution in [3.8, 4) is 0 Å². The largest absolute Gasteiger partial charge is 0.314 e. The maximum Gasteiger partial charge on any atom is 0.128 e. The highest BCUT2D eigenvalue weighted by Gasteiger charge is 2.03. The molecular formula is C14H19ClFN. The standard InChI is InChI=1S/C14H19ClFN/c1-11(2)17-10-5-3-4-7-12-13(15)8-6-9-14(12)16/h3-4,6,8-9,11,17H,5,7,10H2,1-2H3. The lowest BCUT2D eigenvalue weighted by atomic mass is 10.1. The van der Waals surface area contributed by atoms with Gasteiger partial charge in [0.15, 0.2) is 0 Å². The molecule has 0 aliphatic carbocycles. The van der Waals surface area contributed by atoms with Gasteiger partial charge < -0.3 is 5.32 Å². The first-order chi connectivity index (χ1) is 8.11. The van der Waals surface area contributed by atoms with Crippen LogP contribution in [0.2, 0.25) is 5.02 Å². The van der Waals surface area contributed by atoms with Gasteiger partial charge in [-0.15, -0.1) is 0 Å². The molecule has 1 nitrogen and oxygen atoms in total. The third-order valence-corrected chi connectivity index (χ3v) is 2.77. The van der Waals surface area contributed by atoms with E-state index < -0.39 is 0 Å². The van der Waals surface area contributed by atoms with Crippen molar-refractivity contribution in [2.45, 2.75) is 32.7 Å². The Hall–Kier alpha value is -0.860. The molecule has 0 bridgehead atoms. The molecule has 0 spiro atoms. The van der Waals surface area contributed by atoms with Crippen molar-refractivity contribution in [1.82, 2.24) is 5.32 Å². The highest BCUT2D eigenvalue weighted by molar-refractivity contribution is 6.31. The van der Waals surface area contributed by atoms with Crippen LogP contribution in [0.25, 0.3) is 0 Å². The minimum atomic E-state index is -0.234. The lowest BCUT2D eigenvalue weighted by Crippen LogP contribution is -2.23. The van der Waals surface area contributed by atoms with Gasteiger partial charge in [-0.2, -0.15) is 0 Å². The summed E-state index contributed by atoms with van der Waals surface area (Å²) in [6, 6.07) is 5.28.